The van der Waals surface area contributed by atoms with E-state index >= 15 is 0 Å². The summed E-state index contributed by atoms with van der Waals surface area (Å²) >= 11 is 3.55. The molecule has 0 unspecified atom stereocenters. The molecule has 1 fully saturated rings. The van der Waals surface area contributed by atoms with Crippen LogP contribution in [-0.4, -0.2) is 22.8 Å². The van der Waals surface area contributed by atoms with Gasteiger partial charge < -0.3 is 9.30 Å². The zero-order valence-corrected chi connectivity index (χ0v) is 12.6. The number of rotatable bonds is 2. The largest absolute Gasteiger partial charge is 0.381 e. The lowest BCUT2D eigenvalue weighted by Crippen LogP contribution is -2.15. The quantitative estimate of drug-likeness (QED) is 0.842. The van der Waals surface area contributed by atoms with Gasteiger partial charge in [0.05, 0.1) is 11.4 Å². The summed E-state index contributed by atoms with van der Waals surface area (Å²) in [6.07, 6.45) is 2.12. The molecule has 1 aromatic heterocycles. The van der Waals surface area contributed by atoms with Crippen LogP contribution in [0.5, 0.6) is 0 Å². The normalized spacial score (nSPS) is 16.7. The van der Waals surface area contributed by atoms with Crippen LogP contribution in [0.25, 0.3) is 11.3 Å². The van der Waals surface area contributed by atoms with Crippen molar-refractivity contribution in [3.63, 3.8) is 0 Å². The van der Waals surface area contributed by atoms with Gasteiger partial charge in [0.15, 0.2) is 4.73 Å². The van der Waals surface area contributed by atoms with Gasteiger partial charge in [0, 0.05) is 31.7 Å². The summed E-state index contributed by atoms with van der Waals surface area (Å²) in [6, 6.07) is 10.5. The fourth-order valence-electron chi connectivity index (χ4n) is 2.68. The molecule has 1 aliphatic rings. The molecule has 3 rings (SSSR count). The predicted molar refractivity (Wildman–Crippen MR) is 79.1 cm³/mol. The molecular weight excluding hydrogens is 304 g/mol. The van der Waals surface area contributed by atoms with E-state index in [0.29, 0.717) is 5.92 Å². The number of nitrogens with zero attached hydrogens (tertiary/aromatic N) is 2. The second-order valence-electron chi connectivity index (χ2n) is 4.93. The molecule has 0 aliphatic carbocycles. The van der Waals surface area contributed by atoms with E-state index in [1.165, 1.54) is 17.0 Å². The van der Waals surface area contributed by atoms with Crippen molar-refractivity contribution in [1.29, 1.82) is 0 Å². The van der Waals surface area contributed by atoms with Gasteiger partial charge in [-0.25, -0.2) is 4.98 Å². The van der Waals surface area contributed by atoms with Crippen molar-refractivity contribution in [2.75, 3.05) is 13.2 Å². The Balaban J connectivity index is 2.07. The van der Waals surface area contributed by atoms with E-state index in [1.807, 2.05) is 6.07 Å². The van der Waals surface area contributed by atoms with E-state index in [2.05, 4.69) is 51.8 Å². The molecule has 3 nitrogen and oxygen atoms in total. The minimum absolute atomic E-state index is 0.501. The van der Waals surface area contributed by atoms with Crippen LogP contribution in [-0.2, 0) is 11.8 Å². The van der Waals surface area contributed by atoms with Gasteiger partial charge in [-0.2, -0.15) is 0 Å². The maximum absolute atomic E-state index is 5.46. The summed E-state index contributed by atoms with van der Waals surface area (Å²) in [5.41, 5.74) is 3.65. The summed E-state index contributed by atoms with van der Waals surface area (Å²) in [5, 5.41) is 0. The number of benzene rings is 1. The SMILES string of the molecule is Cn1c(Br)nc(C2CCOCC2)c1-c1ccccc1. The van der Waals surface area contributed by atoms with Crippen LogP contribution in [0.1, 0.15) is 24.5 Å². The van der Waals surface area contributed by atoms with Gasteiger partial charge in [-0.05, 0) is 28.8 Å². The van der Waals surface area contributed by atoms with E-state index in [9.17, 15) is 0 Å². The maximum Gasteiger partial charge on any atom is 0.177 e. The maximum atomic E-state index is 5.46. The van der Waals surface area contributed by atoms with Gasteiger partial charge in [0.1, 0.15) is 0 Å². The number of hydrogen-bond acceptors (Lipinski definition) is 2. The number of ether oxygens (including phenoxy) is 1. The van der Waals surface area contributed by atoms with Crippen molar-refractivity contribution in [1.82, 2.24) is 9.55 Å². The topological polar surface area (TPSA) is 27.1 Å². The second kappa shape index (κ2) is 5.47. The predicted octanol–water partition coefficient (Wildman–Crippen LogP) is 3.74. The van der Waals surface area contributed by atoms with E-state index < -0.39 is 0 Å². The third-order valence-electron chi connectivity index (χ3n) is 3.72. The van der Waals surface area contributed by atoms with E-state index in [-0.39, 0.29) is 0 Å². The average molecular weight is 321 g/mol. The lowest BCUT2D eigenvalue weighted by atomic mass is 9.93. The molecule has 0 bridgehead atoms. The molecule has 2 heterocycles. The highest BCUT2D eigenvalue weighted by atomic mass is 79.9. The van der Waals surface area contributed by atoms with Crippen molar-refractivity contribution >= 4 is 15.9 Å². The first-order valence-electron chi connectivity index (χ1n) is 6.62. The van der Waals surface area contributed by atoms with Crippen LogP contribution in [0.4, 0.5) is 0 Å². The summed E-state index contributed by atoms with van der Waals surface area (Å²) in [7, 11) is 2.06. The standard InChI is InChI=1S/C15H17BrN2O/c1-18-14(12-5-3-2-4-6-12)13(17-15(18)16)11-7-9-19-10-8-11/h2-6,11H,7-10H2,1H3. The Morgan fingerprint density at radius 2 is 1.89 bits per heavy atom. The second-order valence-corrected chi connectivity index (χ2v) is 5.64. The Kier molecular flexibility index (Phi) is 3.71. The molecule has 1 aromatic carbocycles. The molecular formula is C15H17BrN2O. The molecule has 4 heteroatoms. The Morgan fingerprint density at radius 3 is 2.58 bits per heavy atom. The zero-order chi connectivity index (χ0) is 13.2. The van der Waals surface area contributed by atoms with Crippen LogP contribution >= 0.6 is 15.9 Å². The fourth-order valence-corrected chi connectivity index (χ4v) is 3.05. The number of imidazole rings is 1. The van der Waals surface area contributed by atoms with E-state index in [1.54, 1.807) is 0 Å². The molecule has 19 heavy (non-hydrogen) atoms. The third kappa shape index (κ3) is 2.47. The molecule has 0 amide bonds. The highest BCUT2D eigenvalue weighted by molar-refractivity contribution is 9.10. The minimum atomic E-state index is 0.501. The van der Waals surface area contributed by atoms with Crippen LogP contribution in [0, 0.1) is 0 Å². The molecule has 2 aromatic rings. The van der Waals surface area contributed by atoms with Crippen LogP contribution in [0.2, 0.25) is 0 Å². The Hall–Kier alpha value is -1.13. The Labute approximate surface area is 121 Å². The van der Waals surface area contributed by atoms with Gasteiger partial charge in [-0.3, -0.25) is 0 Å². The molecule has 0 atom stereocenters. The molecule has 0 spiro atoms. The van der Waals surface area contributed by atoms with Crippen molar-refractivity contribution in [3.05, 3.63) is 40.8 Å². The molecule has 0 saturated carbocycles. The first kappa shape index (κ1) is 12.9. The molecule has 0 N–H and O–H groups in total. The lowest BCUT2D eigenvalue weighted by Gasteiger charge is -2.21. The molecule has 1 aliphatic heterocycles. The highest BCUT2D eigenvalue weighted by Gasteiger charge is 2.24. The van der Waals surface area contributed by atoms with Crippen molar-refractivity contribution in [2.45, 2.75) is 18.8 Å². The van der Waals surface area contributed by atoms with Gasteiger partial charge in [0.25, 0.3) is 0 Å². The molecule has 1 saturated heterocycles. The first-order valence-corrected chi connectivity index (χ1v) is 7.42. The third-order valence-corrected chi connectivity index (χ3v) is 4.43. The summed E-state index contributed by atoms with van der Waals surface area (Å²) < 4.78 is 8.48. The average Bonchev–Trinajstić information content (AvgIpc) is 2.77. The molecule has 100 valence electrons. The number of aromatic nitrogens is 2. The summed E-state index contributed by atoms with van der Waals surface area (Å²) in [4.78, 5) is 4.73. The molecule has 0 radical (unpaired) electrons. The number of halogens is 1. The van der Waals surface area contributed by atoms with E-state index in [4.69, 9.17) is 9.72 Å². The number of hydrogen-bond donors (Lipinski definition) is 0. The van der Waals surface area contributed by atoms with Gasteiger partial charge in [-0.1, -0.05) is 30.3 Å². The summed E-state index contributed by atoms with van der Waals surface area (Å²) in [6.45, 7) is 1.68. The fraction of sp³-hybridized carbons (Fsp3) is 0.400. The summed E-state index contributed by atoms with van der Waals surface area (Å²) in [5.74, 6) is 0.501. The van der Waals surface area contributed by atoms with Gasteiger partial charge >= 0.3 is 0 Å². The highest BCUT2D eigenvalue weighted by Crippen LogP contribution is 2.35. The Bertz CT molecular complexity index is 559. The van der Waals surface area contributed by atoms with Crippen LogP contribution in [0.3, 0.4) is 0 Å². The van der Waals surface area contributed by atoms with Crippen molar-refractivity contribution in [2.24, 2.45) is 7.05 Å². The van der Waals surface area contributed by atoms with E-state index in [0.717, 1.165) is 30.8 Å². The minimum Gasteiger partial charge on any atom is -0.381 e. The zero-order valence-electron chi connectivity index (χ0n) is 11.0. The van der Waals surface area contributed by atoms with Crippen molar-refractivity contribution in [3.8, 4) is 11.3 Å². The van der Waals surface area contributed by atoms with Gasteiger partial charge in [0.2, 0.25) is 0 Å². The lowest BCUT2D eigenvalue weighted by molar-refractivity contribution is 0.0847. The van der Waals surface area contributed by atoms with Crippen LogP contribution < -0.4 is 0 Å². The van der Waals surface area contributed by atoms with Gasteiger partial charge in [-0.15, -0.1) is 0 Å². The van der Waals surface area contributed by atoms with Crippen molar-refractivity contribution < 1.29 is 4.74 Å². The monoisotopic (exact) mass is 320 g/mol. The smallest absolute Gasteiger partial charge is 0.177 e. The first-order chi connectivity index (χ1) is 9.27. The Morgan fingerprint density at radius 1 is 1.21 bits per heavy atom. The van der Waals surface area contributed by atoms with Crippen LogP contribution in [0.15, 0.2) is 35.1 Å².